The molecule has 0 aromatic rings. The smallest absolute Gasteiger partial charge is 0.306 e. The molecule has 1 aliphatic heterocycles. The standard InChI is InChI=1S/C43H79NO4/c1-3-5-7-9-11-13-15-17-19-21-23-25-27-29-31-35-42(45)47-40-41(39-44-37-33-34-38-44)48-43(46)36-32-30-28-26-24-22-20-18-16-14-12-10-8-6-4-2/h17-20,41H,3-16,21-40H2,1-2H3/b19-17-,20-18-. The quantitative estimate of drug-likeness (QED) is 0.0381. The van der Waals surface area contributed by atoms with Gasteiger partial charge in [0.2, 0.25) is 0 Å². The molecule has 5 nitrogen and oxygen atoms in total. The second-order valence-corrected chi connectivity index (χ2v) is 14.5. The minimum Gasteiger partial charge on any atom is -0.462 e. The predicted molar refractivity (Wildman–Crippen MR) is 205 cm³/mol. The zero-order valence-corrected chi connectivity index (χ0v) is 32.0. The second kappa shape index (κ2) is 35.2. The fourth-order valence-corrected chi connectivity index (χ4v) is 6.56. The van der Waals surface area contributed by atoms with Crippen LogP contribution in [0.15, 0.2) is 24.3 Å². The lowest BCUT2D eigenvalue weighted by molar-refractivity contribution is -0.160. The summed E-state index contributed by atoms with van der Waals surface area (Å²) in [5.74, 6) is -0.308. The number of unbranched alkanes of at least 4 members (excludes halogenated alkanes) is 22. The highest BCUT2D eigenvalue weighted by molar-refractivity contribution is 5.70. The highest BCUT2D eigenvalue weighted by Gasteiger charge is 2.22. The largest absolute Gasteiger partial charge is 0.462 e. The van der Waals surface area contributed by atoms with Gasteiger partial charge in [0.1, 0.15) is 12.7 Å². The topological polar surface area (TPSA) is 55.8 Å². The van der Waals surface area contributed by atoms with Gasteiger partial charge < -0.3 is 9.47 Å². The minimum atomic E-state index is -0.364. The Morgan fingerprint density at radius 3 is 1.33 bits per heavy atom. The molecule has 0 aromatic carbocycles. The number of carbonyl (C=O) groups is 2. The molecule has 1 heterocycles. The number of allylic oxidation sites excluding steroid dienone is 4. The van der Waals surface area contributed by atoms with Gasteiger partial charge in [-0.05, 0) is 90.1 Å². The Labute approximate surface area is 298 Å². The van der Waals surface area contributed by atoms with Crippen molar-refractivity contribution >= 4 is 11.9 Å². The number of nitrogens with zero attached hydrogens (tertiary/aromatic N) is 1. The molecule has 1 aliphatic rings. The summed E-state index contributed by atoms with van der Waals surface area (Å²) in [7, 11) is 0. The number of esters is 2. The molecule has 0 saturated carbocycles. The van der Waals surface area contributed by atoms with Crippen LogP contribution in [0.2, 0.25) is 0 Å². The maximum atomic E-state index is 12.6. The third-order valence-corrected chi connectivity index (χ3v) is 9.67. The Hall–Kier alpha value is -1.62. The first-order valence-electron chi connectivity index (χ1n) is 21.0. The van der Waals surface area contributed by atoms with Crippen LogP contribution < -0.4 is 0 Å². The molecule has 0 N–H and O–H groups in total. The lowest BCUT2D eigenvalue weighted by Crippen LogP contribution is -2.37. The summed E-state index contributed by atoms with van der Waals surface area (Å²) in [5.41, 5.74) is 0. The first kappa shape index (κ1) is 44.4. The molecule has 1 unspecified atom stereocenters. The van der Waals surface area contributed by atoms with Crippen molar-refractivity contribution in [1.82, 2.24) is 4.90 Å². The average Bonchev–Trinajstić information content (AvgIpc) is 3.60. The first-order chi connectivity index (χ1) is 23.7. The molecule has 5 heteroatoms. The molecule has 0 aromatic heterocycles. The Morgan fingerprint density at radius 1 is 0.521 bits per heavy atom. The Morgan fingerprint density at radius 2 is 0.896 bits per heavy atom. The van der Waals surface area contributed by atoms with Gasteiger partial charge in [-0.25, -0.2) is 0 Å². The van der Waals surface area contributed by atoms with Gasteiger partial charge in [0.25, 0.3) is 0 Å². The van der Waals surface area contributed by atoms with E-state index >= 15 is 0 Å². The van der Waals surface area contributed by atoms with E-state index in [0.717, 1.165) is 38.8 Å². The molecule has 0 amide bonds. The number of likely N-dealkylation sites (tertiary alicyclic amines) is 1. The molecule has 0 aliphatic carbocycles. The second-order valence-electron chi connectivity index (χ2n) is 14.5. The first-order valence-corrected chi connectivity index (χ1v) is 21.0. The van der Waals surface area contributed by atoms with Crippen LogP contribution in [-0.2, 0) is 19.1 Å². The zero-order chi connectivity index (χ0) is 34.6. The van der Waals surface area contributed by atoms with E-state index in [1.165, 1.54) is 154 Å². The summed E-state index contributed by atoms with van der Waals surface area (Å²) in [6, 6.07) is 0. The van der Waals surface area contributed by atoms with Crippen molar-refractivity contribution in [2.45, 2.75) is 213 Å². The third kappa shape index (κ3) is 30.4. The monoisotopic (exact) mass is 674 g/mol. The number of rotatable bonds is 35. The van der Waals surface area contributed by atoms with Crippen molar-refractivity contribution in [2.24, 2.45) is 0 Å². The molecule has 1 fully saturated rings. The molecule has 0 bridgehead atoms. The Balaban J connectivity index is 2.07. The summed E-state index contributed by atoms with van der Waals surface area (Å²) in [6.45, 7) is 7.45. The molecule has 1 atom stereocenters. The van der Waals surface area contributed by atoms with Gasteiger partial charge in [0.05, 0.1) is 0 Å². The van der Waals surface area contributed by atoms with Gasteiger partial charge in [-0.3, -0.25) is 14.5 Å². The van der Waals surface area contributed by atoms with Crippen molar-refractivity contribution in [3.63, 3.8) is 0 Å². The van der Waals surface area contributed by atoms with Gasteiger partial charge in [-0.1, -0.05) is 141 Å². The van der Waals surface area contributed by atoms with Gasteiger partial charge >= 0.3 is 11.9 Å². The summed E-state index contributed by atoms with van der Waals surface area (Å²) in [4.78, 5) is 27.4. The number of hydrogen-bond donors (Lipinski definition) is 0. The fourth-order valence-electron chi connectivity index (χ4n) is 6.56. The average molecular weight is 674 g/mol. The lowest BCUT2D eigenvalue weighted by atomic mass is 10.1. The molecular formula is C43H79NO4. The van der Waals surface area contributed by atoms with E-state index in [9.17, 15) is 9.59 Å². The van der Waals surface area contributed by atoms with Crippen LogP contribution in [-0.4, -0.2) is 49.2 Å². The van der Waals surface area contributed by atoms with Crippen LogP contribution in [0.25, 0.3) is 0 Å². The molecular weight excluding hydrogens is 594 g/mol. The van der Waals surface area contributed by atoms with E-state index in [-0.39, 0.29) is 24.6 Å². The van der Waals surface area contributed by atoms with Crippen LogP contribution >= 0.6 is 0 Å². The fraction of sp³-hybridized carbons (Fsp3) is 0.860. The Bertz CT molecular complexity index is 773. The van der Waals surface area contributed by atoms with E-state index in [4.69, 9.17) is 9.47 Å². The third-order valence-electron chi connectivity index (χ3n) is 9.67. The Kier molecular flexibility index (Phi) is 32.6. The zero-order valence-electron chi connectivity index (χ0n) is 32.0. The SMILES string of the molecule is CCCCCCCC/C=C\CCCCCCCC(=O)OCC(CN1CCCC1)OC(=O)CCCCCCC/C=C\CCCCCCCC. The minimum absolute atomic E-state index is 0.148. The molecule has 1 saturated heterocycles. The highest BCUT2D eigenvalue weighted by Crippen LogP contribution is 2.14. The van der Waals surface area contributed by atoms with Gasteiger partial charge in [0, 0.05) is 19.4 Å². The van der Waals surface area contributed by atoms with Gasteiger partial charge in [-0.2, -0.15) is 0 Å². The van der Waals surface area contributed by atoms with E-state index in [1.54, 1.807) is 0 Å². The lowest BCUT2D eigenvalue weighted by Gasteiger charge is -2.23. The maximum Gasteiger partial charge on any atom is 0.306 e. The van der Waals surface area contributed by atoms with Crippen molar-refractivity contribution < 1.29 is 19.1 Å². The van der Waals surface area contributed by atoms with E-state index < -0.39 is 0 Å². The summed E-state index contributed by atoms with van der Waals surface area (Å²) in [5, 5.41) is 0. The summed E-state index contributed by atoms with van der Waals surface area (Å²) in [6.07, 6.45) is 44.7. The van der Waals surface area contributed by atoms with Crippen molar-refractivity contribution in [3.8, 4) is 0 Å². The van der Waals surface area contributed by atoms with Crippen LogP contribution in [0, 0.1) is 0 Å². The molecule has 1 rings (SSSR count). The van der Waals surface area contributed by atoms with E-state index in [2.05, 4.69) is 43.1 Å². The molecule has 280 valence electrons. The van der Waals surface area contributed by atoms with Gasteiger partial charge in [0.15, 0.2) is 0 Å². The summed E-state index contributed by atoms with van der Waals surface area (Å²) >= 11 is 0. The van der Waals surface area contributed by atoms with E-state index in [1.807, 2.05) is 0 Å². The van der Waals surface area contributed by atoms with Gasteiger partial charge in [-0.15, -0.1) is 0 Å². The van der Waals surface area contributed by atoms with Crippen LogP contribution in [0.5, 0.6) is 0 Å². The van der Waals surface area contributed by atoms with Crippen LogP contribution in [0.3, 0.4) is 0 Å². The molecule has 0 spiro atoms. The van der Waals surface area contributed by atoms with Crippen LogP contribution in [0.1, 0.15) is 206 Å². The maximum absolute atomic E-state index is 12.6. The number of ether oxygens (including phenoxy) is 2. The number of carbonyl (C=O) groups excluding carboxylic acids is 2. The van der Waals surface area contributed by atoms with E-state index in [0.29, 0.717) is 19.4 Å². The van der Waals surface area contributed by atoms with Crippen molar-refractivity contribution in [2.75, 3.05) is 26.2 Å². The molecule has 48 heavy (non-hydrogen) atoms. The van der Waals surface area contributed by atoms with Crippen molar-refractivity contribution in [3.05, 3.63) is 24.3 Å². The normalized spacial score (nSPS) is 14.4. The number of hydrogen-bond acceptors (Lipinski definition) is 5. The predicted octanol–water partition coefficient (Wildman–Crippen LogP) is 12.6. The highest BCUT2D eigenvalue weighted by atomic mass is 16.6. The van der Waals surface area contributed by atoms with Crippen molar-refractivity contribution in [1.29, 1.82) is 0 Å². The van der Waals surface area contributed by atoms with Crippen LogP contribution in [0.4, 0.5) is 0 Å². The summed E-state index contributed by atoms with van der Waals surface area (Å²) < 4.78 is 11.4. The molecule has 0 radical (unpaired) electrons.